The number of hydrogen-bond donors (Lipinski definition) is 1. The smallest absolute Gasteiger partial charge is 0.0589 e. The van der Waals surface area contributed by atoms with E-state index in [-0.39, 0.29) is 5.54 Å². The van der Waals surface area contributed by atoms with Crippen molar-refractivity contribution in [2.24, 2.45) is 5.73 Å². The molecule has 0 amide bonds. The third-order valence-electron chi connectivity index (χ3n) is 4.03. The van der Waals surface area contributed by atoms with Gasteiger partial charge in [-0.25, -0.2) is 0 Å². The summed E-state index contributed by atoms with van der Waals surface area (Å²) in [4.78, 5) is 2.54. The van der Waals surface area contributed by atoms with Crippen LogP contribution < -0.4 is 5.73 Å². The van der Waals surface area contributed by atoms with Gasteiger partial charge in [0.1, 0.15) is 0 Å². The zero-order chi connectivity index (χ0) is 11.9. The topological polar surface area (TPSA) is 38.5 Å². The summed E-state index contributed by atoms with van der Waals surface area (Å²) in [5.41, 5.74) is 6.33. The molecule has 1 saturated carbocycles. The predicted molar refractivity (Wildman–Crippen MR) is 68.6 cm³/mol. The van der Waals surface area contributed by atoms with Crippen molar-refractivity contribution in [3.05, 3.63) is 0 Å². The third-order valence-corrected chi connectivity index (χ3v) is 4.03. The summed E-state index contributed by atoms with van der Waals surface area (Å²) in [5.74, 6) is 0. The molecule has 1 fully saturated rings. The zero-order valence-corrected chi connectivity index (χ0v) is 11.0. The van der Waals surface area contributed by atoms with E-state index < -0.39 is 0 Å². The minimum Gasteiger partial charge on any atom is -0.383 e. The number of nitrogens with two attached hydrogens (primary N) is 1. The Morgan fingerprint density at radius 1 is 1.19 bits per heavy atom. The fraction of sp³-hybridized carbons (Fsp3) is 1.00. The Labute approximate surface area is 100 Å². The van der Waals surface area contributed by atoms with Gasteiger partial charge >= 0.3 is 0 Å². The average Bonchev–Trinajstić information content (AvgIpc) is 2.56. The molecule has 1 rings (SSSR count). The molecule has 0 atom stereocenters. The van der Waals surface area contributed by atoms with Crippen molar-refractivity contribution in [3.63, 3.8) is 0 Å². The second kappa shape index (κ2) is 7.25. The molecule has 96 valence electrons. The molecule has 0 aromatic carbocycles. The van der Waals surface area contributed by atoms with Crippen LogP contribution in [0.2, 0.25) is 0 Å². The number of likely N-dealkylation sites (N-methyl/N-ethyl adjacent to an activating group) is 1. The lowest BCUT2D eigenvalue weighted by atomic mass is 9.88. The molecule has 0 radical (unpaired) electrons. The zero-order valence-electron chi connectivity index (χ0n) is 11.0. The molecular weight excluding hydrogens is 200 g/mol. The predicted octanol–water partition coefficient (Wildman–Crippen LogP) is 2.01. The van der Waals surface area contributed by atoms with Gasteiger partial charge < -0.3 is 10.5 Å². The maximum Gasteiger partial charge on any atom is 0.0589 e. The minimum atomic E-state index is 0.254. The molecule has 0 aromatic rings. The van der Waals surface area contributed by atoms with Gasteiger partial charge in [0.2, 0.25) is 0 Å². The quantitative estimate of drug-likeness (QED) is 0.707. The highest BCUT2D eigenvalue weighted by Gasteiger charge is 2.34. The first-order chi connectivity index (χ1) is 7.79. The van der Waals surface area contributed by atoms with Crippen molar-refractivity contribution in [2.75, 3.05) is 33.4 Å². The van der Waals surface area contributed by atoms with Crippen LogP contribution in [0.5, 0.6) is 0 Å². The normalized spacial score (nSPS) is 21.0. The van der Waals surface area contributed by atoms with Gasteiger partial charge in [0.05, 0.1) is 6.61 Å². The highest BCUT2D eigenvalue weighted by molar-refractivity contribution is 4.92. The Morgan fingerprint density at radius 3 is 2.25 bits per heavy atom. The van der Waals surface area contributed by atoms with Crippen molar-refractivity contribution >= 4 is 0 Å². The van der Waals surface area contributed by atoms with Crippen LogP contribution in [0.4, 0.5) is 0 Å². The van der Waals surface area contributed by atoms with Crippen LogP contribution in [0.3, 0.4) is 0 Å². The molecular formula is C13H28N2O. The van der Waals surface area contributed by atoms with E-state index in [9.17, 15) is 0 Å². The molecule has 0 bridgehead atoms. The highest BCUT2D eigenvalue weighted by Crippen LogP contribution is 2.31. The molecule has 16 heavy (non-hydrogen) atoms. The largest absolute Gasteiger partial charge is 0.383 e. The molecule has 2 N–H and O–H groups in total. The molecule has 3 heteroatoms. The van der Waals surface area contributed by atoms with Crippen molar-refractivity contribution < 1.29 is 4.74 Å². The summed E-state index contributed by atoms with van der Waals surface area (Å²) in [6, 6.07) is 0. The number of methoxy groups -OCH3 is 1. The Bertz CT molecular complexity index is 177. The Hall–Kier alpha value is -0.120. The molecule has 0 heterocycles. The molecule has 0 unspecified atom stereocenters. The number of nitrogens with zero attached hydrogens (tertiary/aromatic N) is 1. The SMILES string of the molecule is CCN(CCOC)C1(CN)CCCCCC1. The summed E-state index contributed by atoms with van der Waals surface area (Å²) in [6.07, 6.45) is 7.95. The Kier molecular flexibility index (Phi) is 6.32. The lowest BCUT2D eigenvalue weighted by Crippen LogP contribution is -2.54. The van der Waals surface area contributed by atoms with Gasteiger partial charge in [0.15, 0.2) is 0 Å². The number of ether oxygens (including phenoxy) is 1. The Morgan fingerprint density at radius 2 is 1.81 bits per heavy atom. The summed E-state index contributed by atoms with van der Waals surface area (Å²) >= 11 is 0. The second-order valence-corrected chi connectivity index (χ2v) is 4.92. The Balaban J connectivity index is 2.65. The monoisotopic (exact) mass is 228 g/mol. The van der Waals surface area contributed by atoms with Gasteiger partial charge in [-0.1, -0.05) is 32.6 Å². The minimum absolute atomic E-state index is 0.254. The summed E-state index contributed by atoms with van der Waals surface area (Å²) in [6.45, 7) is 5.95. The lowest BCUT2D eigenvalue weighted by Gasteiger charge is -2.42. The molecule has 0 saturated heterocycles. The van der Waals surface area contributed by atoms with E-state index in [0.717, 1.165) is 26.2 Å². The van der Waals surface area contributed by atoms with E-state index >= 15 is 0 Å². The maximum absolute atomic E-state index is 6.07. The third kappa shape index (κ3) is 3.44. The first-order valence-corrected chi connectivity index (χ1v) is 6.73. The van der Waals surface area contributed by atoms with E-state index in [4.69, 9.17) is 10.5 Å². The second-order valence-electron chi connectivity index (χ2n) is 4.92. The molecule has 1 aliphatic carbocycles. The number of rotatable bonds is 6. The highest BCUT2D eigenvalue weighted by atomic mass is 16.5. The van der Waals surface area contributed by atoms with E-state index in [1.807, 2.05) is 0 Å². The number of hydrogen-bond acceptors (Lipinski definition) is 3. The summed E-state index contributed by atoms with van der Waals surface area (Å²) in [5, 5.41) is 0. The van der Waals surface area contributed by atoms with Gasteiger partial charge in [0.25, 0.3) is 0 Å². The van der Waals surface area contributed by atoms with Crippen LogP contribution >= 0.6 is 0 Å². The van der Waals surface area contributed by atoms with E-state index in [1.165, 1.54) is 38.5 Å². The first-order valence-electron chi connectivity index (χ1n) is 6.73. The average molecular weight is 228 g/mol. The summed E-state index contributed by atoms with van der Waals surface area (Å²) < 4.78 is 5.20. The molecule has 0 aliphatic heterocycles. The standard InChI is InChI=1S/C13H28N2O/c1-3-15(10-11-16-2)13(12-14)8-6-4-5-7-9-13/h3-12,14H2,1-2H3. The summed E-state index contributed by atoms with van der Waals surface area (Å²) in [7, 11) is 1.77. The van der Waals surface area contributed by atoms with Gasteiger partial charge in [-0.2, -0.15) is 0 Å². The van der Waals surface area contributed by atoms with Crippen LogP contribution in [-0.4, -0.2) is 43.8 Å². The van der Waals surface area contributed by atoms with Gasteiger partial charge in [-0.15, -0.1) is 0 Å². The van der Waals surface area contributed by atoms with Crippen molar-refractivity contribution in [2.45, 2.75) is 51.0 Å². The molecule has 0 aromatic heterocycles. The van der Waals surface area contributed by atoms with E-state index in [2.05, 4.69) is 11.8 Å². The molecule has 1 aliphatic rings. The van der Waals surface area contributed by atoms with Crippen LogP contribution in [-0.2, 0) is 4.74 Å². The van der Waals surface area contributed by atoms with Crippen molar-refractivity contribution in [1.29, 1.82) is 0 Å². The van der Waals surface area contributed by atoms with Crippen LogP contribution in [0.25, 0.3) is 0 Å². The van der Waals surface area contributed by atoms with Crippen LogP contribution in [0, 0.1) is 0 Å². The van der Waals surface area contributed by atoms with E-state index in [1.54, 1.807) is 7.11 Å². The fourth-order valence-electron chi connectivity index (χ4n) is 2.97. The van der Waals surface area contributed by atoms with Crippen LogP contribution in [0.1, 0.15) is 45.4 Å². The lowest BCUT2D eigenvalue weighted by molar-refractivity contribution is 0.0531. The van der Waals surface area contributed by atoms with Crippen molar-refractivity contribution in [3.8, 4) is 0 Å². The fourth-order valence-corrected chi connectivity index (χ4v) is 2.97. The van der Waals surface area contributed by atoms with Crippen LogP contribution in [0.15, 0.2) is 0 Å². The molecule has 3 nitrogen and oxygen atoms in total. The molecule has 0 spiro atoms. The van der Waals surface area contributed by atoms with Crippen molar-refractivity contribution in [1.82, 2.24) is 4.90 Å². The van der Waals surface area contributed by atoms with Gasteiger partial charge in [-0.3, -0.25) is 4.90 Å². The van der Waals surface area contributed by atoms with E-state index in [0.29, 0.717) is 0 Å². The maximum atomic E-state index is 6.07. The van der Waals surface area contributed by atoms with Gasteiger partial charge in [0, 0.05) is 25.7 Å². The van der Waals surface area contributed by atoms with Gasteiger partial charge in [-0.05, 0) is 19.4 Å². The first kappa shape index (κ1) is 13.9.